The van der Waals surface area contributed by atoms with E-state index in [1.807, 2.05) is 0 Å². The van der Waals surface area contributed by atoms with Crippen molar-refractivity contribution in [3.63, 3.8) is 0 Å². The maximum Gasteiger partial charge on any atom is 0.252 e. The topological polar surface area (TPSA) is 47.6 Å². The van der Waals surface area contributed by atoms with Crippen LogP contribution < -0.4 is 14.8 Å². The van der Waals surface area contributed by atoms with Gasteiger partial charge in [-0.3, -0.25) is 4.79 Å². The van der Waals surface area contributed by atoms with Crippen LogP contribution in [0.3, 0.4) is 0 Å². The summed E-state index contributed by atoms with van der Waals surface area (Å²) < 4.78 is 10.2. The Kier molecular flexibility index (Phi) is 2.04. The van der Waals surface area contributed by atoms with E-state index in [2.05, 4.69) is 5.32 Å². The van der Waals surface area contributed by atoms with Crippen molar-refractivity contribution in [3.8, 4) is 11.5 Å². The zero-order chi connectivity index (χ0) is 10.1. The van der Waals surface area contributed by atoms with Crippen LogP contribution in [-0.2, 0) is 6.54 Å². The quantitative estimate of drug-likeness (QED) is 0.760. The molecule has 1 aromatic rings. The van der Waals surface area contributed by atoms with Crippen LogP contribution in [-0.4, -0.2) is 20.1 Å². The number of hydrogen-bond donors (Lipinski definition) is 1. The highest BCUT2D eigenvalue weighted by atomic mass is 16.5. The summed E-state index contributed by atoms with van der Waals surface area (Å²) in [5.41, 5.74) is 1.54. The molecule has 1 amide bonds. The lowest BCUT2D eigenvalue weighted by Crippen LogP contribution is -2.12. The van der Waals surface area contributed by atoms with Gasteiger partial charge < -0.3 is 14.8 Å². The molecule has 0 spiro atoms. The van der Waals surface area contributed by atoms with E-state index in [4.69, 9.17) is 9.47 Å². The van der Waals surface area contributed by atoms with Gasteiger partial charge in [-0.05, 0) is 6.07 Å². The number of nitrogens with one attached hydrogen (secondary N) is 1. The maximum atomic E-state index is 11.4. The van der Waals surface area contributed by atoms with Crippen molar-refractivity contribution >= 4 is 5.91 Å². The van der Waals surface area contributed by atoms with Crippen molar-refractivity contribution in [2.45, 2.75) is 6.54 Å². The van der Waals surface area contributed by atoms with Crippen molar-refractivity contribution in [2.24, 2.45) is 0 Å². The number of hydrogen-bond acceptors (Lipinski definition) is 3. The molecule has 0 saturated carbocycles. The molecule has 0 saturated heterocycles. The smallest absolute Gasteiger partial charge is 0.252 e. The molecule has 1 aliphatic heterocycles. The second kappa shape index (κ2) is 3.21. The van der Waals surface area contributed by atoms with Crippen LogP contribution in [0.25, 0.3) is 0 Å². The average molecular weight is 193 g/mol. The number of benzene rings is 1. The summed E-state index contributed by atoms with van der Waals surface area (Å²) in [7, 11) is 3.14. The largest absolute Gasteiger partial charge is 0.497 e. The lowest BCUT2D eigenvalue weighted by Gasteiger charge is -2.07. The van der Waals surface area contributed by atoms with Gasteiger partial charge in [-0.1, -0.05) is 0 Å². The van der Waals surface area contributed by atoms with E-state index in [1.165, 1.54) is 0 Å². The van der Waals surface area contributed by atoms with Crippen molar-refractivity contribution < 1.29 is 14.3 Å². The average Bonchev–Trinajstić information content (AvgIpc) is 2.59. The summed E-state index contributed by atoms with van der Waals surface area (Å²) in [6.07, 6.45) is 0. The van der Waals surface area contributed by atoms with Crippen molar-refractivity contribution in [2.75, 3.05) is 14.2 Å². The predicted octanol–water partition coefficient (Wildman–Crippen LogP) is 0.947. The molecule has 0 aliphatic carbocycles. The first-order chi connectivity index (χ1) is 6.76. The van der Waals surface area contributed by atoms with E-state index in [0.717, 1.165) is 5.56 Å². The van der Waals surface area contributed by atoms with E-state index in [1.54, 1.807) is 26.4 Å². The lowest BCUT2D eigenvalue weighted by atomic mass is 10.1. The standard InChI is InChI=1S/C10H11NO3/c1-13-6-3-7-8(5-11-10(7)12)9(4-6)14-2/h3-4H,5H2,1-2H3,(H,11,12). The summed E-state index contributed by atoms with van der Waals surface area (Å²) >= 11 is 0. The number of ether oxygens (including phenoxy) is 2. The van der Waals surface area contributed by atoms with Crippen LogP contribution in [0.5, 0.6) is 11.5 Å². The lowest BCUT2D eigenvalue weighted by molar-refractivity contribution is 0.0965. The maximum absolute atomic E-state index is 11.4. The number of carbonyl (C=O) groups excluding carboxylic acids is 1. The molecular weight excluding hydrogens is 182 g/mol. The normalized spacial score (nSPS) is 13.4. The van der Waals surface area contributed by atoms with E-state index in [9.17, 15) is 4.79 Å². The molecular formula is C10H11NO3. The van der Waals surface area contributed by atoms with Crippen LogP contribution in [0.4, 0.5) is 0 Å². The number of fused-ring (bicyclic) bond motifs is 1. The van der Waals surface area contributed by atoms with Crippen LogP contribution in [0.1, 0.15) is 15.9 Å². The summed E-state index contributed by atoms with van der Waals surface area (Å²) in [5.74, 6) is 1.26. The molecule has 1 N–H and O–H groups in total. The molecule has 0 atom stereocenters. The minimum absolute atomic E-state index is 0.0720. The van der Waals surface area contributed by atoms with Crippen molar-refractivity contribution in [1.29, 1.82) is 0 Å². The SMILES string of the molecule is COc1cc(OC)c2c(c1)C(=O)NC2. The fourth-order valence-corrected chi connectivity index (χ4v) is 1.57. The first-order valence-electron chi connectivity index (χ1n) is 4.29. The number of rotatable bonds is 2. The molecule has 2 rings (SSSR count). The second-order valence-corrected chi connectivity index (χ2v) is 3.04. The van der Waals surface area contributed by atoms with E-state index >= 15 is 0 Å². The number of methoxy groups -OCH3 is 2. The Hall–Kier alpha value is -1.71. The van der Waals surface area contributed by atoms with Gasteiger partial charge in [0, 0.05) is 18.2 Å². The first-order valence-corrected chi connectivity index (χ1v) is 4.29. The van der Waals surface area contributed by atoms with Gasteiger partial charge in [0.05, 0.1) is 19.8 Å². The Morgan fingerprint density at radius 1 is 1.29 bits per heavy atom. The van der Waals surface area contributed by atoms with Gasteiger partial charge in [0.15, 0.2) is 0 Å². The van der Waals surface area contributed by atoms with E-state index in [0.29, 0.717) is 23.6 Å². The third-order valence-corrected chi connectivity index (χ3v) is 2.31. The molecule has 0 radical (unpaired) electrons. The first kappa shape index (κ1) is 8.87. The van der Waals surface area contributed by atoms with Gasteiger partial charge in [0.2, 0.25) is 0 Å². The Bertz CT molecular complexity index is 387. The van der Waals surface area contributed by atoms with Crippen LogP contribution in [0.15, 0.2) is 12.1 Å². The molecule has 74 valence electrons. The minimum Gasteiger partial charge on any atom is -0.497 e. The molecule has 0 unspecified atom stereocenters. The Labute approximate surface area is 81.8 Å². The zero-order valence-electron chi connectivity index (χ0n) is 8.09. The summed E-state index contributed by atoms with van der Waals surface area (Å²) in [5, 5.41) is 2.74. The highest BCUT2D eigenvalue weighted by molar-refractivity contribution is 5.99. The molecule has 1 aromatic carbocycles. The molecule has 14 heavy (non-hydrogen) atoms. The summed E-state index contributed by atoms with van der Waals surface area (Å²) in [6, 6.07) is 3.50. The number of carbonyl (C=O) groups is 1. The van der Waals surface area contributed by atoms with Crippen molar-refractivity contribution in [3.05, 3.63) is 23.3 Å². The van der Waals surface area contributed by atoms with E-state index in [-0.39, 0.29) is 5.91 Å². The fraction of sp³-hybridized carbons (Fsp3) is 0.300. The van der Waals surface area contributed by atoms with Crippen molar-refractivity contribution in [1.82, 2.24) is 5.32 Å². The monoisotopic (exact) mass is 193 g/mol. The van der Waals surface area contributed by atoms with Gasteiger partial charge >= 0.3 is 0 Å². The zero-order valence-corrected chi connectivity index (χ0v) is 8.09. The third kappa shape index (κ3) is 1.19. The highest BCUT2D eigenvalue weighted by Gasteiger charge is 2.23. The van der Waals surface area contributed by atoms with Gasteiger partial charge in [-0.25, -0.2) is 0 Å². The molecule has 0 bridgehead atoms. The van der Waals surface area contributed by atoms with Gasteiger partial charge in [0.25, 0.3) is 5.91 Å². The Balaban J connectivity index is 2.58. The summed E-state index contributed by atoms with van der Waals surface area (Å²) in [6.45, 7) is 0.529. The molecule has 1 aliphatic rings. The Morgan fingerprint density at radius 2 is 2.07 bits per heavy atom. The fourth-order valence-electron chi connectivity index (χ4n) is 1.57. The van der Waals surface area contributed by atoms with Gasteiger partial charge in [-0.2, -0.15) is 0 Å². The molecule has 1 heterocycles. The van der Waals surface area contributed by atoms with Gasteiger partial charge in [-0.15, -0.1) is 0 Å². The van der Waals surface area contributed by atoms with Crippen LogP contribution >= 0.6 is 0 Å². The predicted molar refractivity (Wildman–Crippen MR) is 50.7 cm³/mol. The Morgan fingerprint density at radius 3 is 2.71 bits per heavy atom. The third-order valence-electron chi connectivity index (χ3n) is 2.31. The number of amides is 1. The molecule has 4 heteroatoms. The molecule has 0 fully saturated rings. The van der Waals surface area contributed by atoms with E-state index < -0.39 is 0 Å². The highest BCUT2D eigenvalue weighted by Crippen LogP contribution is 2.31. The van der Waals surface area contributed by atoms with Crippen LogP contribution in [0.2, 0.25) is 0 Å². The second-order valence-electron chi connectivity index (χ2n) is 3.04. The summed E-state index contributed by atoms with van der Waals surface area (Å²) in [4.78, 5) is 11.4. The molecule has 4 nitrogen and oxygen atoms in total. The minimum atomic E-state index is -0.0720. The van der Waals surface area contributed by atoms with Gasteiger partial charge in [0.1, 0.15) is 11.5 Å². The van der Waals surface area contributed by atoms with Crippen LogP contribution in [0, 0.1) is 0 Å². The molecule has 0 aromatic heterocycles.